The first-order valence-electron chi connectivity index (χ1n) is 15.3. The van der Waals surface area contributed by atoms with Gasteiger partial charge in [0.25, 0.3) is 17.4 Å². The van der Waals surface area contributed by atoms with Gasteiger partial charge in [-0.15, -0.1) is 0 Å². The van der Waals surface area contributed by atoms with Crippen LogP contribution in [0, 0.1) is 6.92 Å². The lowest BCUT2D eigenvalue weighted by Crippen LogP contribution is -2.29. The van der Waals surface area contributed by atoms with E-state index in [9.17, 15) is 19.5 Å². The van der Waals surface area contributed by atoms with Crippen LogP contribution in [0.3, 0.4) is 0 Å². The standard InChI is InChI=1S/C34H38ClN7O4/c1-20-23(24-8-6-10-27(30(24)35)38-33(45)31-36-28-19-39(2)13-12-29(28)41(31)4)7-5-9-26(20)37-32(44)25-15-21(16-40(3)34(25)46)17-42-14-11-22(43)18-42/h5-10,15-16,22,43H,11-14,17-19H2,1-4H3,(H,37,44)(H,38,45). The minimum Gasteiger partial charge on any atom is -0.392 e. The van der Waals surface area contributed by atoms with Gasteiger partial charge in [0.2, 0.25) is 0 Å². The maximum Gasteiger partial charge on any atom is 0.291 e. The molecule has 2 aliphatic rings. The molecule has 2 amide bonds. The van der Waals surface area contributed by atoms with E-state index in [1.54, 1.807) is 31.4 Å². The van der Waals surface area contributed by atoms with E-state index in [0.29, 0.717) is 53.8 Å². The highest BCUT2D eigenvalue weighted by molar-refractivity contribution is 6.36. The van der Waals surface area contributed by atoms with Crippen LogP contribution in [0.5, 0.6) is 0 Å². The molecule has 0 radical (unpaired) electrons. The molecular weight excluding hydrogens is 606 g/mol. The quantitative estimate of drug-likeness (QED) is 0.280. The molecule has 1 unspecified atom stereocenters. The Kier molecular flexibility index (Phi) is 8.84. The molecule has 46 heavy (non-hydrogen) atoms. The van der Waals surface area contributed by atoms with E-state index in [1.807, 2.05) is 49.9 Å². The second kappa shape index (κ2) is 12.8. The van der Waals surface area contributed by atoms with Crippen molar-refractivity contribution in [2.24, 2.45) is 14.1 Å². The van der Waals surface area contributed by atoms with Gasteiger partial charge < -0.3 is 29.8 Å². The molecule has 240 valence electrons. The molecule has 0 spiro atoms. The zero-order chi connectivity index (χ0) is 32.7. The molecule has 2 aliphatic heterocycles. The molecule has 2 aromatic heterocycles. The number of nitrogens with zero attached hydrogens (tertiary/aromatic N) is 5. The minimum atomic E-state index is -0.514. The number of fused-ring (bicyclic) bond motifs is 1. The van der Waals surface area contributed by atoms with Gasteiger partial charge in [0.15, 0.2) is 5.82 Å². The normalized spacial score (nSPS) is 16.8. The number of amides is 2. The Labute approximate surface area is 272 Å². The zero-order valence-corrected chi connectivity index (χ0v) is 27.2. The minimum absolute atomic E-state index is 0.0369. The van der Waals surface area contributed by atoms with Crippen molar-refractivity contribution in [1.82, 2.24) is 23.9 Å². The largest absolute Gasteiger partial charge is 0.392 e. The molecule has 11 nitrogen and oxygen atoms in total. The summed E-state index contributed by atoms with van der Waals surface area (Å²) >= 11 is 6.90. The molecule has 4 aromatic rings. The smallest absolute Gasteiger partial charge is 0.291 e. The van der Waals surface area contributed by atoms with E-state index in [0.717, 1.165) is 47.6 Å². The van der Waals surface area contributed by atoms with Gasteiger partial charge in [-0.3, -0.25) is 19.3 Å². The van der Waals surface area contributed by atoms with Crippen LogP contribution in [-0.2, 0) is 33.6 Å². The summed E-state index contributed by atoms with van der Waals surface area (Å²) in [5.74, 6) is -0.530. The number of carbonyl (C=O) groups is 2. The van der Waals surface area contributed by atoms with Crippen LogP contribution in [0.2, 0.25) is 5.02 Å². The molecule has 0 bridgehead atoms. The molecule has 1 saturated heterocycles. The fraction of sp³-hybridized carbons (Fsp3) is 0.353. The van der Waals surface area contributed by atoms with E-state index in [4.69, 9.17) is 11.6 Å². The van der Waals surface area contributed by atoms with Crippen LogP contribution in [0.1, 0.15) is 49.9 Å². The van der Waals surface area contributed by atoms with Crippen molar-refractivity contribution in [3.05, 3.63) is 97.9 Å². The number of hydrogen-bond acceptors (Lipinski definition) is 7. The van der Waals surface area contributed by atoms with E-state index < -0.39 is 11.5 Å². The number of imidazole rings is 1. The number of likely N-dealkylation sites (N-methyl/N-ethyl adjacent to an activating group) is 1. The SMILES string of the molecule is Cc1c(NC(=O)c2cc(CN3CCC(O)C3)cn(C)c2=O)cccc1-c1cccc(NC(=O)c2nc3c(n2C)CCN(C)C3)c1Cl. The number of likely N-dealkylation sites (tertiary alicyclic amines) is 1. The summed E-state index contributed by atoms with van der Waals surface area (Å²) in [5, 5.41) is 16.1. The van der Waals surface area contributed by atoms with Crippen LogP contribution in [-0.4, -0.2) is 73.6 Å². The van der Waals surface area contributed by atoms with E-state index in [-0.39, 0.29) is 17.6 Å². The van der Waals surface area contributed by atoms with Crippen molar-refractivity contribution in [3.8, 4) is 11.1 Å². The summed E-state index contributed by atoms with van der Waals surface area (Å²) in [4.78, 5) is 48.7. The number of benzene rings is 2. The molecule has 3 N–H and O–H groups in total. The van der Waals surface area contributed by atoms with Crippen molar-refractivity contribution in [2.45, 2.75) is 39.0 Å². The van der Waals surface area contributed by atoms with Gasteiger partial charge in [0.1, 0.15) is 5.56 Å². The molecule has 1 fully saturated rings. The molecule has 0 aliphatic carbocycles. The molecule has 4 heterocycles. The summed E-state index contributed by atoms with van der Waals surface area (Å²) in [7, 11) is 5.52. The predicted molar refractivity (Wildman–Crippen MR) is 178 cm³/mol. The molecule has 6 rings (SSSR count). The van der Waals surface area contributed by atoms with E-state index in [2.05, 4.69) is 25.4 Å². The Bertz CT molecular complexity index is 1900. The number of aliphatic hydroxyl groups is 1. The topological polar surface area (TPSA) is 125 Å². The van der Waals surface area contributed by atoms with Crippen LogP contribution in [0.15, 0.2) is 53.5 Å². The van der Waals surface area contributed by atoms with Crippen LogP contribution in [0.25, 0.3) is 11.1 Å². The average Bonchev–Trinajstić information content (AvgIpc) is 3.58. The second-order valence-corrected chi connectivity index (χ2v) is 12.7. The summed E-state index contributed by atoms with van der Waals surface area (Å²) in [6, 6.07) is 12.5. The number of pyridine rings is 1. The third-order valence-electron chi connectivity index (χ3n) is 8.91. The van der Waals surface area contributed by atoms with Crippen molar-refractivity contribution in [3.63, 3.8) is 0 Å². The Hall–Kier alpha value is -4.29. The van der Waals surface area contributed by atoms with Gasteiger partial charge in [-0.2, -0.15) is 0 Å². The Morgan fingerprint density at radius 3 is 2.48 bits per heavy atom. The number of aromatic nitrogens is 3. The number of halogens is 1. The number of carbonyl (C=O) groups excluding carboxylic acids is 2. The van der Waals surface area contributed by atoms with Crippen LogP contribution >= 0.6 is 11.6 Å². The van der Waals surface area contributed by atoms with E-state index >= 15 is 0 Å². The summed E-state index contributed by atoms with van der Waals surface area (Å²) in [6.07, 6.45) is 2.90. The maximum absolute atomic E-state index is 13.5. The van der Waals surface area contributed by atoms with Crippen molar-refractivity contribution >= 4 is 34.8 Å². The maximum atomic E-state index is 13.5. The zero-order valence-electron chi connectivity index (χ0n) is 26.4. The lowest BCUT2D eigenvalue weighted by atomic mass is 9.98. The number of rotatable bonds is 7. The Morgan fingerprint density at radius 2 is 1.74 bits per heavy atom. The number of β-amino-alcohol motifs (C(OH)–C–C–N with tert-alkyl or cyclic N) is 1. The molecule has 12 heteroatoms. The number of anilines is 2. The number of aliphatic hydroxyl groups excluding tert-OH is 1. The lowest BCUT2D eigenvalue weighted by molar-refractivity contribution is 0.101. The number of aryl methyl sites for hydroxylation is 1. The predicted octanol–water partition coefficient (Wildman–Crippen LogP) is 3.81. The first kappa shape index (κ1) is 31.7. The van der Waals surface area contributed by atoms with Crippen LogP contribution < -0.4 is 16.2 Å². The second-order valence-electron chi connectivity index (χ2n) is 12.3. The Balaban J connectivity index is 1.23. The Morgan fingerprint density at radius 1 is 1.02 bits per heavy atom. The summed E-state index contributed by atoms with van der Waals surface area (Å²) < 4.78 is 3.27. The molecule has 2 aromatic carbocycles. The monoisotopic (exact) mass is 643 g/mol. The van der Waals surface area contributed by atoms with Gasteiger partial charge in [-0.05, 0) is 55.3 Å². The van der Waals surface area contributed by atoms with Crippen molar-refractivity contribution in [2.75, 3.05) is 37.3 Å². The van der Waals surface area contributed by atoms with E-state index in [1.165, 1.54) is 4.57 Å². The van der Waals surface area contributed by atoms with Crippen LogP contribution in [0.4, 0.5) is 11.4 Å². The van der Waals surface area contributed by atoms with Gasteiger partial charge in [-0.1, -0.05) is 35.9 Å². The number of hydrogen-bond donors (Lipinski definition) is 3. The van der Waals surface area contributed by atoms with Gasteiger partial charge in [0.05, 0.1) is 22.5 Å². The van der Waals surface area contributed by atoms with Gasteiger partial charge in [-0.25, -0.2) is 4.98 Å². The first-order chi connectivity index (χ1) is 22.0. The fourth-order valence-electron chi connectivity index (χ4n) is 6.37. The van der Waals surface area contributed by atoms with Crippen molar-refractivity contribution in [1.29, 1.82) is 0 Å². The highest BCUT2D eigenvalue weighted by Gasteiger charge is 2.25. The summed E-state index contributed by atoms with van der Waals surface area (Å²) in [5.41, 5.74) is 5.60. The lowest BCUT2D eigenvalue weighted by Gasteiger charge is -2.21. The summed E-state index contributed by atoms with van der Waals surface area (Å²) in [6.45, 7) is 5.33. The number of nitrogens with one attached hydrogen (secondary N) is 2. The van der Waals surface area contributed by atoms with Gasteiger partial charge in [0, 0.05) is 76.4 Å². The highest BCUT2D eigenvalue weighted by atomic mass is 35.5. The molecule has 0 saturated carbocycles. The fourth-order valence-corrected chi connectivity index (χ4v) is 6.65. The highest BCUT2D eigenvalue weighted by Crippen LogP contribution is 2.37. The van der Waals surface area contributed by atoms with Gasteiger partial charge >= 0.3 is 0 Å². The van der Waals surface area contributed by atoms with Crippen molar-refractivity contribution < 1.29 is 14.7 Å². The average molecular weight is 644 g/mol. The molecular formula is C34H38ClN7O4. The third kappa shape index (κ3) is 6.23. The first-order valence-corrected chi connectivity index (χ1v) is 15.7. The molecule has 1 atom stereocenters. The third-order valence-corrected chi connectivity index (χ3v) is 9.31.